The highest BCUT2D eigenvalue weighted by Crippen LogP contribution is 2.10. The van der Waals surface area contributed by atoms with E-state index in [0.29, 0.717) is 10.6 Å². The molecule has 1 unspecified atom stereocenters. The van der Waals surface area contributed by atoms with Gasteiger partial charge >= 0.3 is 0 Å². The first-order chi connectivity index (χ1) is 12.0. The number of carbonyl (C=O) groups is 2. The zero-order chi connectivity index (χ0) is 18.2. The Morgan fingerprint density at radius 3 is 2.28 bits per heavy atom. The van der Waals surface area contributed by atoms with Crippen molar-refractivity contribution in [3.63, 3.8) is 0 Å². The SMILES string of the molecule is CC(C)C(NC(=O)c1ccc(Cl)cc1)C(=O)NN=Cc1ccccc1. The normalized spacial score (nSPS) is 12.2. The van der Waals surface area contributed by atoms with Gasteiger partial charge in [-0.25, -0.2) is 5.43 Å². The van der Waals surface area contributed by atoms with Gasteiger partial charge in [0.25, 0.3) is 11.8 Å². The lowest BCUT2D eigenvalue weighted by Crippen LogP contribution is -2.48. The zero-order valence-electron chi connectivity index (χ0n) is 14.1. The molecule has 0 spiro atoms. The third-order valence-corrected chi connectivity index (χ3v) is 3.78. The van der Waals surface area contributed by atoms with Crippen molar-refractivity contribution in [2.45, 2.75) is 19.9 Å². The van der Waals surface area contributed by atoms with Crippen LogP contribution in [0.4, 0.5) is 0 Å². The monoisotopic (exact) mass is 357 g/mol. The summed E-state index contributed by atoms with van der Waals surface area (Å²) in [5.74, 6) is -0.801. The molecule has 1 atom stereocenters. The van der Waals surface area contributed by atoms with Gasteiger partial charge in [0.15, 0.2) is 0 Å². The second-order valence-corrected chi connectivity index (χ2v) is 6.28. The topological polar surface area (TPSA) is 70.6 Å². The van der Waals surface area contributed by atoms with Crippen LogP contribution in [-0.4, -0.2) is 24.1 Å². The molecule has 25 heavy (non-hydrogen) atoms. The van der Waals surface area contributed by atoms with Crippen molar-refractivity contribution in [2.24, 2.45) is 11.0 Å². The predicted molar refractivity (Wildman–Crippen MR) is 99.7 cm³/mol. The molecule has 0 aliphatic rings. The van der Waals surface area contributed by atoms with E-state index < -0.39 is 6.04 Å². The molecule has 0 radical (unpaired) electrons. The summed E-state index contributed by atoms with van der Waals surface area (Å²) in [7, 11) is 0. The fraction of sp³-hybridized carbons (Fsp3) is 0.211. The van der Waals surface area contributed by atoms with E-state index in [2.05, 4.69) is 15.8 Å². The van der Waals surface area contributed by atoms with Crippen LogP contribution in [0.2, 0.25) is 5.02 Å². The van der Waals surface area contributed by atoms with Crippen LogP contribution in [0.25, 0.3) is 0 Å². The quantitative estimate of drug-likeness (QED) is 0.615. The Balaban J connectivity index is 1.99. The Morgan fingerprint density at radius 2 is 1.68 bits per heavy atom. The van der Waals surface area contributed by atoms with Gasteiger partial charge in [0.1, 0.15) is 6.04 Å². The Kier molecular flexibility index (Phi) is 6.71. The summed E-state index contributed by atoms with van der Waals surface area (Å²) < 4.78 is 0. The number of nitrogens with one attached hydrogen (secondary N) is 2. The van der Waals surface area contributed by atoms with Crippen LogP contribution in [0.15, 0.2) is 59.7 Å². The number of nitrogens with zero attached hydrogens (tertiary/aromatic N) is 1. The Bertz CT molecular complexity index is 743. The summed E-state index contributed by atoms with van der Waals surface area (Å²) in [6.07, 6.45) is 1.55. The molecular formula is C19H20ClN3O2. The second kappa shape index (κ2) is 8.99. The van der Waals surface area contributed by atoms with Crippen LogP contribution in [0.3, 0.4) is 0 Å². The highest BCUT2D eigenvalue weighted by molar-refractivity contribution is 6.30. The van der Waals surface area contributed by atoms with E-state index in [9.17, 15) is 9.59 Å². The van der Waals surface area contributed by atoms with Crippen molar-refractivity contribution >= 4 is 29.6 Å². The highest BCUT2D eigenvalue weighted by atomic mass is 35.5. The van der Waals surface area contributed by atoms with E-state index in [1.54, 1.807) is 30.5 Å². The third kappa shape index (κ3) is 5.72. The summed E-state index contributed by atoms with van der Waals surface area (Å²) in [5, 5.41) is 7.22. The lowest BCUT2D eigenvalue weighted by Gasteiger charge is -2.20. The minimum absolute atomic E-state index is 0.0943. The molecule has 2 rings (SSSR count). The van der Waals surface area contributed by atoms with E-state index >= 15 is 0 Å². The molecule has 130 valence electrons. The molecule has 0 fully saturated rings. The molecule has 0 aromatic heterocycles. The van der Waals surface area contributed by atoms with Gasteiger partial charge in [0, 0.05) is 10.6 Å². The zero-order valence-corrected chi connectivity index (χ0v) is 14.8. The van der Waals surface area contributed by atoms with E-state index in [-0.39, 0.29) is 17.7 Å². The van der Waals surface area contributed by atoms with Crippen molar-refractivity contribution in [2.75, 3.05) is 0 Å². The summed E-state index contributed by atoms with van der Waals surface area (Å²) in [6, 6.07) is 15.2. The number of amides is 2. The molecule has 0 heterocycles. The minimum Gasteiger partial charge on any atom is -0.340 e. The number of hydrogen-bond donors (Lipinski definition) is 2. The summed E-state index contributed by atoms with van der Waals surface area (Å²) in [6.45, 7) is 3.71. The van der Waals surface area contributed by atoms with Crippen LogP contribution in [0.1, 0.15) is 29.8 Å². The van der Waals surface area contributed by atoms with Crippen molar-refractivity contribution in [1.29, 1.82) is 0 Å². The maximum absolute atomic E-state index is 12.3. The van der Waals surface area contributed by atoms with Crippen molar-refractivity contribution in [3.8, 4) is 0 Å². The number of benzene rings is 2. The first kappa shape index (κ1) is 18.7. The number of halogens is 1. The molecule has 0 aliphatic heterocycles. The molecule has 5 nitrogen and oxygen atoms in total. The van der Waals surface area contributed by atoms with E-state index in [1.807, 2.05) is 44.2 Å². The maximum Gasteiger partial charge on any atom is 0.262 e. The predicted octanol–water partition coefficient (Wildman–Crippen LogP) is 3.24. The van der Waals surface area contributed by atoms with Gasteiger partial charge in [-0.3, -0.25) is 9.59 Å². The summed E-state index contributed by atoms with van der Waals surface area (Å²) in [5.41, 5.74) is 3.78. The molecule has 0 saturated carbocycles. The molecule has 6 heteroatoms. The van der Waals surface area contributed by atoms with Gasteiger partial charge in [0.05, 0.1) is 6.21 Å². The summed E-state index contributed by atoms with van der Waals surface area (Å²) >= 11 is 5.82. The molecule has 0 aliphatic carbocycles. The van der Waals surface area contributed by atoms with Crippen molar-refractivity contribution in [1.82, 2.24) is 10.7 Å². The minimum atomic E-state index is -0.698. The van der Waals surface area contributed by atoms with Crippen molar-refractivity contribution in [3.05, 3.63) is 70.7 Å². The smallest absolute Gasteiger partial charge is 0.262 e. The maximum atomic E-state index is 12.3. The number of rotatable bonds is 6. The number of carbonyl (C=O) groups excluding carboxylic acids is 2. The number of hydrazone groups is 1. The van der Waals surface area contributed by atoms with Crippen LogP contribution in [0.5, 0.6) is 0 Å². The molecule has 2 aromatic rings. The fourth-order valence-corrected chi connectivity index (χ4v) is 2.27. The average Bonchev–Trinajstić information content (AvgIpc) is 2.60. The van der Waals surface area contributed by atoms with E-state index in [1.165, 1.54) is 0 Å². The van der Waals surface area contributed by atoms with Gasteiger partial charge in [-0.2, -0.15) is 5.10 Å². The standard InChI is InChI=1S/C19H20ClN3O2/c1-13(2)17(22-18(24)15-8-10-16(20)11-9-15)19(25)23-21-12-14-6-4-3-5-7-14/h3-13,17H,1-2H3,(H,22,24)(H,23,25). The van der Waals surface area contributed by atoms with E-state index in [0.717, 1.165) is 5.56 Å². The van der Waals surface area contributed by atoms with Gasteiger partial charge in [0.2, 0.25) is 0 Å². The van der Waals surface area contributed by atoms with Crippen LogP contribution < -0.4 is 10.7 Å². The molecule has 2 aromatic carbocycles. The summed E-state index contributed by atoms with van der Waals surface area (Å²) in [4.78, 5) is 24.6. The average molecular weight is 358 g/mol. The Labute approximate surface area is 152 Å². The van der Waals surface area contributed by atoms with Gasteiger partial charge in [-0.05, 0) is 35.7 Å². The van der Waals surface area contributed by atoms with Crippen LogP contribution in [0, 0.1) is 5.92 Å². The molecular weight excluding hydrogens is 338 g/mol. The molecule has 0 saturated heterocycles. The Morgan fingerprint density at radius 1 is 1.04 bits per heavy atom. The largest absolute Gasteiger partial charge is 0.340 e. The third-order valence-electron chi connectivity index (χ3n) is 3.53. The van der Waals surface area contributed by atoms with Crippen LogP contribution in [-0.2, 0) is 4.79 Å². The highest BCUT2D eigenvalue weighted by Gasteiger charge is 2.24. The Hall–Kier alpha value is -2.66. The second-order valence-electron chi connectivity index (χ2n) is 5.85. The number of hydrogen-bond acceptors (Lipinski definition) is 3. The lowest BCUT2D eigenvalue weighted by atomic mass is 10.0. The van der Waals surface area contributed by atoms with E-state index in [4.69, 9.17) is 11.6 Å². The van der Waals surface area contributed by atoms with Gasteiger partial charge in [-0.1, -0.05) is 55.8 Å². The van der Waals surface area contributed by atoms with Gasteiger partial charge in [-0.15, -0.1) is 0 Å². The lowest BCUT2D eigenvalue weighted by molar-refractivity contribution is -0.123. The van der Waals surface area contributed by atoms with Crippen LogP contribution >= 0.6 is 11.6 Å². The first-order valence-electron chi connectivity index (χ1n) is 7.92. The molecule has 2 amide bonds. The molecule has 2 N–H and O–H groups in total. The fourth-order valence-electron chi connectivity index (χ4n) is 2.14. The molecule has 0 bridgehead atoms. The van der Waals surface area contributed by atoms with Crippen molar-refractivity contribution < 1.29 is 9.59 Å². The first-order valence-corrected chi connectivity index (χ1v) is 8.29. The van der Waals surface area contributed by atoms with Gasteiger partial charge < -0.3 is 5.32 Å².